The number of hydrogen-bond acceptors (Lipinski definition) is 4. The minimum atomic E-state index is -0.293. The number of H-pyrrole nitrogens is 1. The largest absolute Gasteiger partial charge is 0.486 e. The maximum Gasteiger partial charge on any atom is 0.254 e. The summed E-state index contributed by atoms with van der Waals surface area (Å²) in [6.45, 7) is 1.87. The Morgan fingerprint density at radius 2 is 2.30 bits per heavy atom. The van der Waals surface area contributed by atoms with E-state index >= 15 is 0 Å². The van der Waals surface area contributed by atoms with Crippen LogP contribution in [0.4, 0.5) is 0 Å². The quantitative estimate of drug-likeness (QED) is 0.777. The number of carbonyl (C=O) groups excluding carboxylic acids is 1. The fourth-order valence-electron chi connectivity index (χ4n) is 4.15. The molecule has 0 aliphatic carbocycles. The smallest absolute Gasteiger partial charge is 0.254 e. The Hall–Kier alpha value is -2.86. The number of carbonyl (C=O) groups is 1. The Morgan fingerprint density at radius 1 is 1.33 bits per heavy atom. The highest BCUT2D eigenvalue weighted by Crippen LogP contribution is 2.37. The minimum Gasteiger partial charge on any atom is -0.486 e. The van der Waals surface area contributed by atoms with E-state index in [0.29, 0.717) is 25.3 Å². The summed E-state index contributed by atoms with van der Waals surface area (Å²) in [5, 5.41) is 1.11. The number of pyridine rings is 1. The standard InChI is InChI=1S/C21H21N3O3/c25-20(16-4-3-15-5-8-23-19(15)10-16)24-9-6-21(14-24)11-18(13-26-21)27-17-2-1-7-22-12-17/h1-5,7-8,10,12,18,23H,6,9,11,13-14H2/t18-,21-/m0/s1. The Kier molecular flexibility index (Phi) is 3.86. The summed E-state index contributed by atoms with van der Waals surface area (Å²) < 4.78 is 12.1. The average Bonchev–Trinajstić information content (AvgIpc) is 3.42. The summed E-state index contributed by atoms with van der Waals surface area (Å²) in [4.78, 5) is 22.1. The SMILES string of the molecule is O=C(c1ccc2cc[nH]c2c1)N1CC[C@]2(C[C@H](Oc3cccnc3)CO2)C1. The van der Waals surface area contributed by atoms with Gasteiger partial charge in [0.15, 0.2) is 0 Å². The Labute approximate surface area is 157 Å². The second-order valence-electron chi connectivity index (χ2n) is 7.38. The van der Waals surface area contributed by atoms with E-state index < -0.39 is 0 Å². The number of ether oxygens (including phenoxy) is 2. The predicted octanol–water partition coefficient (Wildman–Crippen LogP) is 3.02. The highest BCUT2D eigenvalue weighted by atomic mass is 16.6. The molecule has 6 heteroatoms. The molecule has 4 heterocycles. The molecule has 2 fully saturated rings. The highest BCUT2D eigenvalue weighted by molar-refractivity contribution is 5.98. The normalized spacial score (nSPS) is 24.7. The molecule has 1 spiro atoms. The van der Waals surface area contributed by atoms with Gasteiger partial charge in [0, 0.05) is 36.4 Å². The number of aromatic amines is 1. The molecule has 2 atom stereocenters. The van der Waals surface area contributed by atoms with Gasteiger partial charge in [-0.1, -0.05) is 6.07 Å². The van der Waals surface area contributed by atoms with Gasteiger partial charge in [0.05, 0.1) is 24.9 Å². The first-order valence-electron chi connectivity index (χ1n) is 9.28. The first-order valence-corrected chi connectivity index (χ1v) is 9.28. The zero-order chi connectivity index (χ0) is 18.3. The van der Waals surface area contributed by atoms with Crippen LogP contribution in [0.25, 0.3) is 10.9 Å². The van der Waals surface area contributed by atoms with Crippen molar-refractivity contribution in [2.45, 2.75) is 24.5 Å². The van der Waals surface area contributed by atoms with Gasteiger partial charge < -0.3 is 19.4 Å². The summed E-state index contributed by atoms with van der Waals surface area (Å²) in [7, 11) is 0. The van der Waals surface area contributed by atoms with Gasteiger partial charge in [-0.15, -0.1) is 0 Å². The monoisotopic (exact) mass is 363 g/mol. The summed E-state index contributed by atoms with van der Waals surface area (Å²) in [5.74, 6) is 0.817. The fourth-order valence-corrected chi connectivity index (χ4v) is 4.15. The molecule has 3 aromatic rings. The van der Waals surface area contributed by atoms with Crippen LogP contribution in [0.3, 0.4) is 0 Å². The number of hydrogen-bond donors (Lipinski definition) is 1. The Bertz CT molecular complexity index is 971. The molecule has 2 saturated heterocycles. The van der Waals surface area contributed by atoms with Crippen molar-refractivity contribution in [3.8, 4) is 5.75 Å². The minimum absolute atomic E-state index is 0.000444. The molecule has 2 aliphatic heterocycles. The first-order chi connectivity index (χ1) is 13.2. The number of nitrogens with zero attached hydrogens (tertiary/aromatic N) is 2. The molecule has 138 valence electrons. The van der Waals surface area contributed by atoms with E-state index in [4.69, 9.17) is 9.47 Å². The van der Waals surface area contributed by atoms with Gasteiger partial charge in [-0.3, -0.25) is 9.78 Å². The summed E-state index contributed by atoms with van der Waals surface area (Å²) >= 11 is 0. The molecular formula is C21H21N3O3. The van der Waals surface area contributed by atoms with E-state index in [9.17, 15) is 4.79 Å². The molecule has 5 rings (SSSR count). The zero-order valence-electron chi connectivity index (χ0n) is 14.9. The molecule has 1 aromatic carbocycles. The number of nitrogens with one attached hydrogen (secondary N) is 1. The number of benzene rings is 1. The van der Waals surface area contributed by atoms with E-state index in [-0.39, 0.29) is 17.6 Å². The third kappa shape index (κ3) is 3.06. The van der Waals surface area contributed by atoms with Crippen LogP contribution in [0.2, 0.25) is 0 Å². The number of rotatable bonds is 3. The molecule has 2 aliphatic rings. The van der Waals surface area contributed by atoms with Crippen molar-refractivity contribution in [1.29, 1.82) is 0 Å². The van der Waals surface area contributed by atoms with Crippen molar-refractivity contribution < 1.29 is 14.3 Å². The lowest BCUT2D eigenvalue weighted by atomic mass is 9.98. The zero-order valence-corrected chi connectivity index (χ0v) is 14.9. The molecule has 1 N–H and O–H groups in total. The molecule has 0 saturated carbocycles. The van der Waals surface area contributed by atoms with E-state index in [2.05, 4.69) is 9.97 Å². The van der Waals surface area contributed by atoms with Gasteiger partial charge in [0.1, 0.15) is 11.9 Å². The highest BCUT2D eigenvalue weighted by Gasteiger charge is 2.47. The van der Waals surface area contributed by atoms with Crippen molar-refractivity contribution in [2.24, 2.45) is 0 Å². The van der Waals surface area contributed by atoms with E-state index in [1.807, 2.05) is 47.5 Å². The van der Waals surface area contributed by atoms with Crippen LogP contribution in [0.5, 0.6) is 5.75 Å². The summed E-state index contributed by atoms with van der Waals surface area (Å²) in [6, 6.07) is 11.6. The Morgan fingerprint density at radius 3 is 3.19 bits per heavy atom. The fraction of sp³-hybridized carbons (Fsp3) is 0.333. The van der Waals surface area contributed by atoms with Crippen LogP contribution < -0.4 is 4.74 Å². The molecule has 0 bridgehead atoms. The lowest BCUT2D eigenvalue weighted by Gasteiger charge is -2.23. The van der Waals surface area contributed by atoms with Crippen LogP contribution in [0.1, 0.15) is 23.2 Å². The van der Waals surface area contributed by atoms with Gasteiger partial charge >= 0.3 is 0 Å². The van der Waals surface area contributed by atoms with E-state index in [0.717, 1.165) is 29.5 Å². The molecule has 6 nitrogen and oxygen atoms in total. The lowest BCUT2D eigenvalue weighted by molar-refractivity contribution is 0.00995. The molecule has 0 unspecified atom stereocenters. The van der Waals surface area contributed by atoms with Crippen LogP contribution in [-0.4, -0.2) is 52.2 Å². The van der Waals surface area contributed by atoms with Gasteiger partial charge in [0.25, 0.3) is 5.91 Å². The number of amides is 1. The average molecular weight is 363 g/mol. The Balaban J connectivity index is 1.26. The summed E-state index contributed by atoms with van der Waals surface area (Å²) in [6.07, 6.45) is 6.96. The molecular weight excluding hydrogens is 342 g/mol. The maximum absolute atomic E-state index is 12.9. The number of fused-ring (bicyclic) bond motifs is 1. The van der Waals surface area contributed by atoms with Crippen LogP contribution in [0.15, 0.2) is 55.0 Å². The van der Waals surface area contributed by atoms with Gasteiger partial charge in [-0.25, -0.2) is 0 Å². The van der Waals surface area contributed by atoms with Gasteiger partial charge in [-0.2, -0.15) is 0 Å². The van der Waals surface area contributed by atoms with Crippen LogP contribution >= 0.6 is 0 Å². The molecule has 27 heavy (non-hydrogen) atoms. The first kappa shape index (κ1) is 16.3. The second kappa shape index (κ2) is 6.39. The third-order valence-electron chi connectivity index (χ3n) is 5.52. The van der Waals surface area contributed by atoms with Gasteiger partial charge in [-0.05, 0) is 42.1 Å². The molecule has 2 aromatic heterocycles. The topological polar surface area (TPSA) is 67.5 Å². The van der Waals surface area contributed by atoms with Crippen LogP contribution in [-0.2, 0) is 4.74 Å². The number of aromatic nitrogens is 2. The van der Waals surface area contributed by atoms with Crippen molar-refractivity contribution >= 4 is 16.8 Å². The summed E-state index contributed by atoms with van der Waals surface area (Å²) in [5.41, 5.74) is 1.40. The maximum atomic E-state index is 12.9. The van der Waals surface area contributed by atoms with E-state index in [1.165, 1.54) is 0 Å². The second-order valence-corrected chi connectivity index (χ2v) is 7.38. The molecule has 1 amide bonds. The predicted molar refractivity (Wildman–Crippen MR) is 101 cm³/mol. The van der Waals surface area contributed by atoms with Crippen molar-refractivity contribution in [3.05, 3.63) is 60.6 Å². The van der Waals surface area contributed by atoms with Crippen molar-refractivity contribution in [3.63, 3.8) is 0 Å². The van der Waals surface area contributed by atoms with Crippen LogP contribution in [0, 0.1) is 0 Å². The lowest BCUT2D eigenvalue weighted by Crippen LogP contribution is -2.36. The third-order valence-corrected chi connectivity index (χ3v) is 5.52. The van der Waals surface area contributed by atoms with E-state index in [1.54, 1.807) is 12.4 Å². The van der Waals surface area contributed by atoms with Gasteiger partial charge in [0.2, 0.25) is 0 Å². The van der Waals surface area contributed by atoms with Crippen molar-refractivity contribution in [1.82, 2.24) is 14.9 Å². The molecule has 0 radical (unpaired) electrons. The number of likely N-dealkylation sites (tertiary alicyclic amines) is 1. The van der Waals surface area contributed by atoms with Crippen molar-refractivity contribution in [2.75, 3.05) is 19.7 Å².